The van der Waals surface area contributed by atoms with E-state index in [0.717, 1.165) is 43.8 Å². The van der Waals surface area contributed by atoms with E-state index in [1.807, 2.05) is 24.3 Å². The fourth-order valence-electron chi connectivity index (χ4n) is 3.11. The predicted molar refractivity (Wildman–Crippen MR) is 81.1 cm³/mol. The van der Waals surface area contributed by atoms with Gasteiger partial charge in [0.25, 0.3) is 0 Å². The summed E-state index contributed by atoms with van der Waals surface area (Å²) >= 11 is 0. The summed E-state index contributed by atoms with van der Waals surface area (Å²) in [6.07, 6.45) is 5.67. The molecule has 21 heavy (non-hydrogen) atoms. The topological polar surface area (TPSA) is 38.8 Å². The van der Waals surface area contributed by atoms with Crippen LogP contribution in [0.2, 0.25) is 0 Å². The van der Waals surface area contributed by atoms with Crippen LogP contribution in [0.5, 0.6) is 5.75 Å². The van der Waals surface area contributed by atoms with Gasteiger partial charge in [0.05, 0.1) is 7.11 Å². The molecule has 3 heterocycles. The Morgan fingerprint density at radius 3 is 2.52 bits per heavy atom. The molecule has 2 bridgehead atoms. The zero-order chi connectivity index (χ0) is 14.7. The molecule has 0 spiro atoms. The molecule has 112 valence electrons. The Hall–Kier alpha value is -1.81. The highest BCUT2D eigenvalue weighted by Gasteiger charge is 2.36. The summed E-state index contributed by atoms with van der Waals surface area (Å²) < 4.78 is 10.7. The van der Waals surface area contributed by atoms with Crippen molar-refractivity contribution in [2.24, 2.45) is 5.92 Å². The van der Waals surface area contributed by atoms with Crippen molar-refractivity contribution in [2.75, 3.05) is 26.7 Å². The average Bonchev–Trinajstić information content (AvgIpc) is 2.54. The molecular weight excluding hydrogens is 266 g/mol. The Bertz CT molecular complexity index is 515. The molecule has 4 heteroatoms. The van der Waals surface area contributed by atoms with Gasteiger partial charge in [-0.05, 0) is 55.6 Å². The highest BCUT2D eigenvalue weighted by atomic mass is 16.5. The zero-order valence-corrected chi connectivity index (χ0v) is 12.3. The molecule has 4 nitrogen and oxygen atoms in total. The summed E-state index contributed by atoms with van der Waals surface area (Å²) in [5.74, 6) is 1.11. The van der Waals surface area contributed by atoms with Crippen LogP contribution < -0.4 is 4.74 Å². The second-order valence-corrected chi connectivity index (χ2v) is 5.72. The van der Waals surface area contributed by atoms with Gasteiger partial charge in [-0.2, -0.15) is 0 Å². The number of fused-ring (bicyclic) bond motifs is 3. The smallest absolute Gasteiger partial charge is 0.331 e. The number of benzene rings is 1. The van der Waals surface area contributed by atoms with Gasteiger partial charge in [-0.1, -0.05) is 12.1 Å². The van der Waals surface area contributed by atoms with Gasteiger partial charge < -0.3 is 9.47 Å². The maximum absolute atomic E-state index is 11.9. The van der Waals surface area contributed by atoms with Crippen molar-refractivity contribution in [1.82, 2.24) is 4.90 Å². The highest BCUT2D eigenvalue weighted by molar-refractivity contribution is 5.87. The van der Waals surface area contributed by atoms with Crippen molar-refractivity contribution in [3.05, 3.63) is 35.9 Å². The minimum absolute atomic E-state index is 0.0699. The number of methoxy groups -OCH3 is 1. The number of carbonyl (C=O) groups is 1. The van der Waals surface area contributed by atoms with E-state index in [9.17, 15) is 4.79 Å². The first-order chi connectivity index (χ1) is 10.2. The molecule has 0 N–H and O–H groups in total. The summed E-state index contributed by atoms with van der Waals surface area (Å²) in [5, 5.41) is 0. The zero-order valence-electron chi connectivity index (χ0n) is 12.3. The standard InChI is InChI=1S/C17H21NO3/c1-20-15-5-2-13(3-6-15)4-7-17(19)21-16-12-18-10-8-14(16)9-11-18/h2-7,14,16H,8-12H2,1H3/b7-4+/t16-/m0/s1. The van der Waals surface area contributed by atoms with Gasteiger partial charge in [-0.15, -0.1) is 0 Å². The first-order valence-electron chi connectivity index (χ1n) is 7.50. The molecule has 0 radical (unpaired) electrons. The van der Waals surface area contributed by atoms with E-state index in [-0.39, 0.29) is 12.1 Å². The van der Waals surface area contributed by atoms with Gasteiger partial charge in [-0.3, -0.25) is 4.90 Å². The second kappa shape index (κ2) is 6.31. The monoisotopic (exact) mass is 287 g/mol. The molecule has 3 saturated heterocycles. The lowest BCUT2D eigenvalue weighted by molar-refractivity contribution is -0.152. The van der Waals surface area contributed by atoms with Crippen molar-refractivity contribution in [1.29, 1.82) is 0 Å². The van der Waals surface area contributed by atoms with Crippen LogP contribution in [0.15, 0.2) is 30.3 Å². The lowest BCUT2D eigenvalue weighted by Gasteiger charge is -2.43. The third-order valence-corrected chi connectivity index (χ3v) is 4.39. The van der Waals surface area contributed by atoms with Crippen LogP contribution in [0.25, 0.3) is 6.08 Å². The Labute approximate surface area is 125 Å². The molecule has 0 aromatic heterocycles. The van der Waals surface area contributed by atoms with Gasteiger partial charge in [0, 0.05) is 12.6 Å². The SMILES string of the molecule is COc1ccc(/C=C/C(=O)O[C@H]2CN3CCC2CC3)cc1. The number of hydrogen-bond donors (Lipinski definition) is 0. The Kier molecular flexibility index (Phi) is 4.25. The van der Waals surface area contributed by atoms with Crippen LogP contribution in [0.1, 0.15) is 18.4 Å². The summed E-state index contributed by atoms with van der Waals surface area (Å²) in [7, 11) is 1.64. The molecule has 1 atom stereocenters. The minimum atomic E-state index is -0.246. The third kappa shape index (κ3) is 3.45. The molecule has 0 amide bonds. The predicted octanol–water partition coefficient (Wildman–Crippen LogP) is 2.35. The Balaban J connectivity index is 1.54. The molecule has 3 aliphatic heterocycles. The lowest BCUT2D eigenvalue weighted by Crippen LogP contribution is -2.51. The van der Waals surface area contributed by atoms with Crippen LogP contribution >= 0.6 is 0 Å². The van der Waals surface area contributed by atoms with Gasteiger partial charge in [0.15, 0.2) is 0 Å². The third-order valence-electron chi connectivity index (χ3n) is 4.39. The number of piperidine rings is 3. The van der Waals surface area contributed by atoms with E-state index in [0.29, 0.717) is 5.92 Å². The summed E-state index contributed by atoms with van der Waals surface area (Å²) in [5.41, 5.74) is 0.960. The number of hydrogen-bond acceptors (Lipinski definition) is 4. The maximum Gasteiger partial charge on any atom is 0.331 e. The fraction of sp³-hybridized carbons (Fsp3) is 0.471. The highest BCUT2D eigenvalue weighted by Crippen LogP contribution is 2.29. The molecule has 1 aromatic rings. The molecule has 1 aromatic carbocycles. The van der Waals surface area contributed by atoms with Crippen molar-refractivity contribution in [3.8, 4) is 5.75 Å². The van der Waals surface area contributed by atoms with Crippen LogP contribution in [-0.4, -0.2) is 43.7 Å². The Morgan fingerprint density at radius 1 is 1.24 bits per heavy atom. The quantitative estimate of drug-likeness (QED) is 0.629. The van der Waals surface area contributed by atoms with Crippen molar-refractivity contribution < 1.29 is 14.3 Å². The van der Waals surface area contributed by atoms with E-state index in [1.165, 1.54) is 6.08 Å². The summed E-state index contributed by atoms with van der Waals surface area (Å²) in [6, 6.07) is 7.57. The van der Waals surface area contributed by atoms with E-state index in [2.05, 4.69) is 4.90 Å². The molecule has 3 aliphatic rings. The van der Waals surface area contributed by atoms with E-state index in [1.54, 1.807) is 13.2 Å². The van der Waals surface area contributed by atoms with E-state index < -0.39 is 0 Å². The first-order valence-corrected chi connectivity index (χ1v) is 7.50. The molecular formula is C17H21NO3. The van der Waals surface area contributed by atoms with Crippen LogP contribution in [-0.2, 0) is 9.53 Å². The number of nitrogens with zero attached hydrogens (tertiary/aromatic N) is 1. The van der Waals surface area contributed by atoms with Crippen LogP contribution in [0, 0.1) is 5.92 Å². The lowest BCUT2D eigenvalue weighted by atomic mass is 9.86. The minimum Gasteiger partial charge on any atom is -0.497 e. The van der Waals surface area contributed by atoms with E-state index >= 15 is 0 Å². The van der Waals surface area contributed by atoms with Crippen molar-refractivity contribution >= 4 is 12.0 Å². The number of carbonyl (C=O) groups excluding carboxylic acids is 1. The van der Waals surface area contributed by atoms with Crippen LogP contribution in [0.3, 0.4) is 0 Å². The number of ether oxygens (including phenoxy) is 2. The van der Waals surface area contributed by atoms with Crippen molar-refractivity contribution in [2.45, 2.75) is 18.9 Å². The normalized spacial score (nSPS) is 27.8. The molecule has 0 unspecified atom stereocenters. The number of esters is 1. The van der Waals surface area contributed by atoms with Crippen molar-refractivity contribution in [3.63, 3.8) is 0 Å². The van der Waals surface area contributed by atoms with Gasteiger partial charge in [0.2, 0.25) is 0 Å². The molecule has 3 fully saturated rings. The van der Waals surface area contributed by atoms with Gasteiger partial charge in [-0.25, -0.2) is 4.79 Å². The average molecular weight is 287 g/mol. The summed E-state index contributed by atoms with van der Waals surface area (Å²) in [4.78, 5) is 14.3. The first kappa shape index (κ1) is 14.1. The summed E-state index contributed by atoms with van der Waals surface area (Å²) in [6.45, 7) is 3.20. The molecule has 4 rings (SSSR count). The fourth-order valence-corrected chi connectivity index (χ4v) is 3.11. The van der Waals surface area contributed by atoms with Gasteiger partial charge >= 0.3 is 5.97 Å². The number of rotatable bonds is 4. The van der Waals surface area contributed by atoms with Crippen LogP contribution in [0.4, 0.5) is 0 Å². The largest absolute Gasteiger partial charge is 0.497 e. The maximum atomic E-state index is 11.9. The Morgan fingerprint density at radius 2 is 1.95 bits per heavy atom. The molecule has 0 aliphatic carbocycles. The van der Waals surface area contributed by atoms with Gasteiger partial charge in [0.1, 0.15) is 11.9 Å². The molecule has 0 saturated carbocycles. The van der Waals surface area contributed by atoms with E-state index in [4.69, 9.17) is 9.47 Å². The second-order valence-electron chi connectivity index (χ2n) is 5.72.